The fraction of sp³-hybridized carbons (Fsp3) is 0.533. The largest absolute Gasteiger partial charge is 0.384 e. The van der Waals surface area contributed by atoms with Crippen molar-refractivity contribution in [2.24, 2.45) is 5.73 Å². The van der Waals surface area contributed by atoms with Crippen LogP contribution in [0, 0.1) is 11.2 Å². The van der Waals surface area contributed by atoms with Crippen LogP contribution in [-0.2, 0) is 4.74 Å². The van der Waals surface area contributed by atoms with Crippen molar-refractivity contribution < 1.29 is 9.13 Å². The van der Waals surface area contributed by atoms with Gasteiger partial charge in [-0.3, -0.25) is 5.41 Å². The summed E-state index contributed by atoms with van der Waals surface area (Å²) in [5.41, 5.74) is 6.36. The molecule has 0 spiro atoms. The molecule has 4 nitrogen and oxygen atoms in total. The molecule has 0 radical (unpaired) electrons. The number of nitrogens with zero attached hydrogens (tertiary/aromatic N) is 1. The normalized spacial score (nSPS) is 18.8. The number of nitrogens with two attached hydrogens (primary N) is 1. The lowest BCUT2D eigenvalue weighted by molar-refractivity contribution is 0.0439. The smallest absolute Gasteiger partial charge is 0.161 e. The summed E-state index contributed by atoms with van der Waals surface area (Å²) in [4.78, 5) is 2.01. The summed E-state index contributed by atoms with van der Waals surface area (Å²) in [5, 5.41) is 7.44. The summed E-state index contributed by atoms with van der Waals surface area (Å²) < 4.78 is 20.5. The Hall–Kier alpha value is -1.14. The highest BCUT2D eigenvalue weighted by atomic mass is 79.9. The van der Waals surface area contributed by atoms with Crippen LogP contribution in [-0.4, -0.2) is 31.6 Å². The van der Waals surface area contributed by atoms with Crippen molar-refractivity contribution in [3.63, 3.8) is 0 Å². The zero-order valence-electron chi connectivity index (χ0n) is 12.2. The van der Waals surface area contributed by atoms with Crippen LogP contribution in [0.1, 0.15) is 31.7 Å². The minimum Gasteiger partial charge on any atom is -0.384 e. The zero-order chi connectivity index (χ0) is 15.4. The summed E-state index contributed by atoms with van der Waals surface area (Å²) >= 11 is 3.20. The molecule has 1 aliphatic rings. The van der Waals surface area contributed by atoms with Gasteiger partial charge in [-0.05, 0) is 47.3 Å². The molecule has 0 bridgehead atoms. The molecule has 1 aromatic rings. The molecule has 0 saturated carbocycles. The third kappa shape index (κ3) is 3.74. The van der Waals surface area contributed by atoms with E-state index in [9.17, 15) is 4.39 Å². The number of nitrogens with one attached hydrogen (secondary N) is 1. The van der Waals surface area contributed by atoms with Gasteiger partial charge in [0.2, 0.25) is 0 Å². The van der Waals surface area contributed by atoms with Crippen LogP contribution >= 0.6 is 15.9 Å². The highest BCUT2D eigenvalue weighted by molar-refractivity contribution is 9.10. The second-order valence-corrected chi connectivity index (χ2v) is 6.05. The van der Waals surface area contributed by atoms with Gasteiger partial charge >= 0.3 is 0 Å². The average Bonchev–Trinajstić information content (AvgIpc) is 2.47. The molecule has 0 aromatic heterocycles. The maximum Gasteiger partial charge on any atom is 0.161 e. The number of halogens is 2. The van der Waals surface area contributed by atoms with E-state index in [-0.39, 0.29) is 22.2 Å². The fourth-order valence-corrected chi connectivity index (χ4v) is 3.12. The van der Waals surface area contributed by atoms with E-state index < -0.39 is 0 Å². The van der Waals surface area contributed by atoms with Crippen LogP contribution in [0.3, 0.4) is 0 Å². The minimum absolute atomic E-state index is 0.143. The van der Waals surface area contributed by atoms with E-state index in [2.05, 4.69) is 22.9 Å². The van der Waals surface area contributed by atoms with Crippen LogP contribution in [0.5, 0.6) is 0 Å². The van der Waals surface area contributed by atoms with Crippen LogP contribution in [0.25, 0.3) is 0 Å². The first kappa shape index (κ1) is 16.2. The average molecular weight is 358 g/mol. The Kier molecular flexibility index (Phi) is 5.58. The van der Waals surface area contributed by atoms with Gasteiger partial charge in [0.25, 0.3) is 0 Å². The maximum absolute atomic E-state index is 14.5. The van der Waals surface area contributed by atoms with Gasteiger partial charge in [0.15, 0.2) is 5.82 Å². The zero-order valence-corrected chi connectivity index (χ0v) is 13.7. The summed E-state index contributed by atoms with van der Waals surface area (Å²) in [6, 6.07) is 3.38. The van der Waals surface area contributed by atoms with Crippen molar-refractivity contribution in [3.8, 4) is 0 Å². The number of ether oxygens (including phenoxy) is 1. The van der Waals surface area contributed by atoms with E-state index in [1.165, 1.54) is 0 Å². The quantitative estimate of drug-likeness (QED) is 0.627. The first-order valence-electron chi connectivity index (χ1n) is 7.23. The monoisotopic (exact) mass is 357 g/mol. The summed E-state index contributed by atoms with van der Waals surface area (Å²) in [5.74, 6) is -0.506. The molecule has 0 aliphatic carbocycles. The van der Waals surface area contributed by atoms with Crippen molar-refractivity contribution in [1.82, 2.24) is 0 Å². The Morgan fingerprint density at radius 3 is 3.00 bits per heavy atom. The molecule has 1 aromatic carbocycles. The highest BCUT2D eigenvalue weighted by Gasteiger charge is 2.24. The number of amidine groups is 1. The Balaban J connectivity index is 2.18. The predicted octanol–water partition coefficient (Wildman–Crippen LogP) is 3.27. The van der Waals surface area contributed by atoms with Crippen molar-refractivity contribution in [1.29, 1.82) is 5.41 Å². The molecule has 1 aliphatic heterocycles. The Labute approximate surface area is 133 Å². The number of rotatable bonds is 5. The standard InChI is InChI=1S/C15H21BrFN3O/c1-2-8-21-10-4-3-7-20(9-10)12-6-5-11(15(18)19)13(16)14(12)17/h5-6,10H,2-4,7-9H2,1H3,(H3,18,19). The summed E-state index contributed by atoms with van der Waals surface area (Å²) in [7, 11) is 0. The van der Waals surface area contributed by atoms with Gasteiger partial charge in [-0.1, -0.05) is 6.92 Å². The SMILES string of the molecule is CCCOC1CCCN(c2ccc(C(=N)N)c(Br)c2F)C1. The molecule has 2 rings (SSSR count). The van der Waals surface area contributed by atoms with Crippen molar-refractivity contribution in [2.45, 2.75) is 32.3 Å². The van der Waals surface area contributed by atoms with Crippen LogP contribution in [0.2, 0.25) is 0 Å². The van der Waals surface area contributed by atoms with Gasteiger partial charge in [0, 0.05) is 25.3 Å². The number of anilines is 1. The number of hydrogen-bond acceptors (Lipinski definition) is 3. The van der Waals surface area contributed by atoms with Gasteiger partial charge in [-0.2, -0.15) is 0 Å². The van der Waals surface area contributed by atoms with E-state index in [0.29, 0.717) is 17.8 Å². The Morgan fingerprint density at radius 2 is 2.33 bits per heavy atom. The minimum atomic E-state index is -0.362. The molecule has 0 amide bonds. The third-order valence-electron chi connectivity index (χ3n) is 3.63. The van der Waals surface area contributed by atoms with Crippen molar-refractivity contribution in [3.05, 3.63) is 28.0 Å². The molecular weight excluding hydrogens is 337 g/mol. The van der Waals surface area contributed by atoms with Gasteiger partial charge in [0.05, 0.1) is 16.3 Å². The highest BCUT2D eigenvalue weighted by Crippen LogP contribution is 2.31. The molecule has 1 saturated heterocycles. The van der Waals surface area contributed by atoms with Gasteiger partial charge in [0.1, 0.15) is 5.84 Å². The third-order valence-corrected chi connectivity index (χ3v) is 4.40. The Bertz CT molecular complexity index is 524. The second kappa shape index (κ2) is 7.22. The summed E-state index contributed by atoms with van der Waals surface area (Å²) in [6.45, 7) is 4.34. The summed E-state index contributed by atoms with van der Waals surface area (Å²) in [6.07, 6.45) is 3.15. The Morgan fingerprint density at radius 1 is 1.57 bits per heavy atom. The lowest BCUT2D eigenvalue weighted by Crippen LogP contribution is -2.40. The lowest BCUT2D eigenvalue weighted by atomic mass is 10.1. The molecule has 3 N–H and O–H groups in total. The fourth-order valence-electron chi connectivity index (χ4n) is 2.57. The van der Waals surface area contributed by atoms with Crippen molar-refractivity contribution in [2.75, 3.05) is 24.6 Å². The number of benzene rings is 1. The molecule has 1 unspecified atom stereocenters. The molecule has 1 fully saturated rings. The molecule has 21 heavy (non-hydrogen) atoms. The number of piperidine rings is 1. The molecule has 6 heteroatoms. The van der Waals surface area contributed by atoms with E-state index in [1.807, 2.05) is 4.90 Å². The number of hydrogen-bond donors (Lipinski definition) is 2. The molecule has 1 heterocycles. The topological polar surface area (TPSA) is 62.3 Å². The molecular formula is C15H21BrFN3O. The second-order valence-electron chi connectivity index (χ2n) is 5.25. The van der Waals surface area contributed by atoms with E-state index in [1.54, 1.807) is 12.1 Å². The van der Waals surface area contributed by atoms with Gasteiger partial charge < -0.3 is 15.4 Å². The lowest BCUT2D eigenvalue weighted by Gasteiger charge is -2.34. The van der Waals surface area contributed by atoms with E-state index in [0.717, 1.165) is 32.4 Å². The first-order valence-corrected chi connectivity index (χ1v) is 8.02. The van der Waals surface area contributed by atoms with Crippen molar-refractivity contribution >= 4 is 27.5 Å². The van der Waals surface area contributed by atoms with E-state index in [4.69, 9.17) is 15.9 Å². The van der Waals surface area contributed by atoms with Crippen LogP contribution < -0.4 is 10.6 Å². The number of nitrogen functional groups attached to an aromatic ring is 1. The van der Waals surface area contributed by atoms with E-state index >= 15 is 0 Å². The molecule has 1 atom stereocenters. The maximum atomic E-state index is 14.5. The first-order chi connectivity index (χ1) is 10.0. The van der Waals surface area contributed by atoms with Crippen LogP contribution in [0.15, 0.2) is 16.6 Å². The van der Waals surface area contributed by atoms with Gasteiger partial charge in [-0.25, -0.2) is 4.39 Å². The molecule has 116 valence electrons. The van der Waals surface area contributed by atoms with Gasteiger partial charge in [-0.15, -0.1) is 0 Å². The predicted molar refractivity (Wildman–Crippen MR) is 86.6 cm³/mol. The van der Waals surface area contributed by atoms with Crippen LogP contribution in [0.4, 0.5) is 10.1 Å².